The molecule has 8 nitrogen and oxygen atoms in total. The average Bonchev–Trinajstić information content (AvgIpc) is 2.71. The second kappa shape index (κ2) is 19.5. The van der Waals surface area contributed by atoms with Crippen molar-refractivity contribution in [2.24, 2.45) is 11.7 Å². The third-order valence-corrected chi connectivity index (χ3v) is 6.72. The number of aliphatic carboxylic acids is 2. The normalized spacial score (nSPS) is 11.3. The standard InChI is InChI=1S/C13H26O7Si.C6H6.CH5N/c1-4-18-21(19-5-2,20-6-3)9-7-8-11(13(16)17)10-12(14)15;1-2-4-6-5-3-1;1-2/h11H,4-10H2,1-3H3,(H,14,15)(H,16,17);1-6H;2H2,1H3. The molecule has 0 aliphatic heterocycles. The Bertz CT molecular complexity index is 473. The fourth-order valence-corrected chi connectivity index (χ4v) is 5.11. The Balaban J connectivity index is 0. The highest BCUT2D eigenvalue weighted by molar-refractivity contribution is 6.60. The number of benzene rings is 1. The smallest absolute Gasteiger partial charge is 0.481 e. The summed E-state index contributed by atoms with van der Waals surface area (Å²) in [7, 11) is -1.28. The lowest BCUT2D eigenvalue weighted by Crippen LogP contribution is -2.46. The molecule has 0 radical (unpaired) electrons. The van der Waals surface area contributed by atoms with Gasteiger partial charge in [0.05, 0.1) is 12.3 Å². The van der Waals surface area contributed by atoms with E-state index in [4.69, 9.17) is 23.5 Å². The van der Waals surface area contributed by atoms with E-state index in [0.717, 1.165) is 0 Å². The van der Waals surface area contributed by atoms with Crippen LogP contribution < -0.4 is 5.73 Å². The highest BCUT2D eigenvalue weighted by Gasteiger charge is 2.40. The number of carboxylic acids is 2. The van der Waals surface area contributed by atoms with Gasteiger partial charge in [-0.15, -0.1) is 0 Å². The van der Waals surface area contributed by atoms with Gasteiger partial charge in [-0.05, 0) is 40.7 Å². The van der Waals surface area contributed by atoms with Crippen LogP contribution in [0.4, 0.5) is 0 Å². The van der Waals surface area contributed by atoms with Crippen LogP contribution in [0.3, 0.4) is 0 Å². The molecule has 0 bridgehead atoms. The van der Waals surface area contributed by atoms with Gasteiger partial charge in [0.1, 0.15) is 0 Å². The van der Waals surface area contributed by atoms with E-state index < -0.39 is 26.7 Å². The van der Waals surface area contributed by atoms with Crippen LogP contribution in [0.2, 0.25) is 6.04 Å². The van der Waals surface area contributed by atoms with Crippen LogP contribution in [0.5, 0.6) is 0 Å². The molecular formula is C20H37NO7Si. The van der Waals surface area contributed by atoms with Crippen LogP contribution in [0.1, 0.15) is 40.0 Å². The van der Waals surface area contributed by atoms with Crippen molar-refractivity contribution in [3.63, 3.8) is 0 Å². The second-order valence-electron chi connectivity index (χ2n) is 5.66. The number of nitrogens with two attached hydrogens (primary N) is 1. The quantitative estimate of drug-likeness (QED) is 0.406. The lowest BCUT2D eigenvalue weighted by atomic mass is 10.0. The molecule has 29 heavy (non-hydrogen) atoms. The van der Waals surface area contributed by atoms with E-state index in [1.165, 1.54) is 7.05 Å². The van der Waals surface area contributed by atoms with Crippen molar-refractivity contribution >= 4 is 20.7 Å². The van der Waals surface area contributed by atoms with Crippen molar-refractivity contribution in [2.45, 2.75) is 46.1 Å². The van der Waals surface area contributed by atoms with Gasteiger partial charge in [0.25, 0.3) is 0 Å². The van der Waals surface area contributed by atoms with Crippen LogP contribution in [0.15, 0.2) is 36.4 Å². The van der Waals surface area contributed by atoms with Gasteiger partial charge in [-0.1, -0.05) is 36.4 Å². The predicted molar refractivity (Wildman–Crippen MR) is 115 cm³/mol. The van der Waals surface area contributed by atoms with Gasteiger partial charge >= 0.3 is 20.7 Å². The molecule has 1 aromatic rings. The molecule has 0 saturated heterocycles. The molecule has 1 atom stereocenters. The summed E-state index contributed by atoms with van der Waals surface area (Å²) < 4.78 is 17.0. The van der Waals surface area contributed by atoms with E-state index in [1.807, 2.05) is 57.2 Å². The first kappa shape index (κ1) is 29.4. The SMILES string of the molecule is CCO[Si](CCCC(CC(=O)O)C(=O)O)(OCC)OCC.CN.c1ccccc1. The van der Waals surface area contributed by atoms with E-state index in [-0.39, 0.29) is 12.8 Å². The van der Waals surface area contributed by atoms with Gasteiger partial charge in [-0.2, -0.15) is 0 Å². The highest BCUT2D eigenvalue weighted by atomic mass is 28.4. The van der Waals surface area contributed by atoms with E-state index in [0.29, 0.717) is 32.3 Å². The highest BCUT2D eigenvalue weighted by Crippen LogP contribution is 2.22. The van der Waals surface area contributed by atoms with Gasteiger partial charge in [-0.3, -0.25) is 9.59 Å². The van der Waals surface area contributed by atoms with E-state index in [2.05, 4.69) is 5.73 Å². The van der Waals surface area contributed by atoms with Gasteiger partial charge in [0.2, 0.25) is 0 Å². The third kappa shape index (κ3) is 15.8. The summed E-state index contributed by atoms with van der Waals surface area (Å²) in [5.74, 6) is -3.08. The number of hydrogen-bond donors (Lipinski definition) is 3. The molecule has 9 heteroatoms. The first-order valence-electron chi connectivity index (χ1n) is 9.84. The second-order valence-corrected chi connectivity index (χ2v) is 8.39. The minimum atomic E-state index is -2.78. The van der Waals surface area contributed by atoms with Gasteiger partial charge in [0.15, 0.2) is 0 Å². The molecule has 0 fully saturated rings. The number of rotatable bonds is 13. The molecule has 0 aromatic heterocycles. The lowest BCUT2D eigenvalue weighted by Gasteiger charge is -2.28. The third-order valence-electron chi connectivity index (χ3n) is 3.57. The van der Waals surface area contributed by atoms with Crippen molar-refractivity contribution in [1.29, 1.82) is 0 Å². The molecule has 0 aliphatic rings. The number of carboxylic acid groups (broad SMARTS) is 2. The molecule has 1 rings (SSSR count). The summed E-state index contributed by atoms with van der Waals surface area (Å²) in [5.41, 5.74) is 4.50. The van der Waals surface area contributed by atoms with Gasteiger partial charge in [-0.25, -0.2) is 0 Å². The van der Waals surface area contributed by atoms with Crippen molar-refractivity contribution < 1.29 is 33.1 Å². The van der Waals surface area contributed by atoms with Crippen molar-refractivity contribution in [3.05, 3.63) is 36.4 Å². The Hall–Kier alpha value is -1.78. The molecule has 0 spiro atoms. The molecular weight excluding hydrogens is 394 g/mol. The largest absolute Gasteiger partial charge is 0.500 e. The Labute approximate surface area is 175 Å². The van der Waals surface area contributed by atoms with Crippen LogP contribution in [0.25, 0.3) is 0 Å². The molecule has 168 valence electrons. The summed E-state index contributed by atoms with van der Waals surface area (Å²) in [4.78, 5) is 21.7. The number of carbonyl (C=O) groups is 2. The van der Waals surface area contributed by atoms with Crippen LogP contribution in [-0.4, -0.2) is 57.8 Å². The number of hydrogen-bond acceptors (Lipinski definition) is 6. The van der Waals surface area contributed by atoms with Crippen molar-refractivity contribution in [1.82, 2.24) is 0 Å². The monoisotopic (exact) mass is 431 g/mol. The van der Waals surface area contributed by atoms with Crippen LogP contribution >= 0.6 is 0 Å². The van der Waals surface area contributed by atoms with E-state index >= 15 is 0 Å². The molecule has 0 saturated carbocycles. The zero-order valence-corrected chi connectivity index (χ0v) is 19.0. The maximum atomic E-state index is 11.0. The zero-order chi connectivity index (χ0) is 22.5. The summed E-state index contributed by atoms with van der Waals surface area (Å²) >= 11 is 0. The summed E-state index contributed by atoms with van der Waals surface area (Å²) in [6, 6.07) is 12.5. The lowest BCUT2D eigenvalue weighted by molar-refractivity contribution is -0.148. The van der Waals surface area contributed by atoms with Crippen molar-refractivity contribution in [3.8, 4) is 0 Å². The maximum absolute atomic E-state index is 11.0. The van der Waals surface area contributed by atoms with E-state index in [9.17, 15) is 9.59 Å². The Morgan fingerprint density at radius 1 is 0.862 bits per heavy atom. The van der Waals surface area contributed by atoms with Crippen LogP contribution in [-0.2, 0) is 22.9 Å². The fourth-order valence-electron chi connectivity index (χ4n) is 2.47. The van der Waals surface area contributed by atoms with E-state index in [1.54, 1.807) is 0 Å². The van der Waals surface area contributed by atoms with Crippen molar-refractivity contribution in [2.75, 3.05) is 26.9 Å². The summed E-state index contributed by atoms with van der Waals surface area (Å²) in [6.45, 7) is 6.94. The average molecular weight is 432 g/mol. The minimum absolute atomic E-state index is 0.267. The topological polar surface area (TPSA) is 128 Å². The molecule has 0 aliphatic carbocycles. The predicted octanol–water partition coefficient (Wildman–Crippen LogP) is 3.25. The summed E-state index contributed by atoms with van der Waals surface area (Å²) in [6.07, 6.45) is 0.391. The fraction of sp³-hybridized carbons (Fsp3) is 0.600. The summed E-state index contributed by atoms with van der Waals surface area (Å²) in [5, 5.41) is 17.7. The first-order valence-corrected chi connectivity index (χ1v) is 11.8. The Kier molecular flexibility index (Phi) is 19.8. The first-order chi connectivity index (χ1) is 13.9. The molecule has 4 N–H and O–H groups in total. The Morgan fingerprint density at radius 2 is 1.24 bits per heavy atom. The van der Waals surface area contributed by atoms with Gasteiger partial charge in [0, 0.05) is 25.9 Å². The maximum Gasteiger partial charge on any atom is 0.500 e. The van der Waals surface area contributed by atoms with Crippen LogP contribution in [0, 0.1) is 5.92 Å². The Morgan fingerprint density at radius 3 is 1.52 bits per heavy atom. The van der Waals surface area contributed by atoms with Gasteiger partial charge < -0.3 is 29.2 Å². The molecule has 1 aromatic carbocycles. The molecule has 0 amide bonds. The molecule has 1 unspecified atom stereocenters. The zero-order valence-electron chi connectivity index (χ0n) is 18.0. The minimum Gasteiger partial charge on any atom is -0.481 e. The molecule has 0 heterocycles.